The van der Waals surface area contributed by atoms with Crippen LogP contribution >= 0.6 is 0 Å². The lowest BCUT2D eigenvalue weighted by atomic mass is 9.94. The minimum atomic E-state index is -0.845. The van der Waals surface area contributed by atoms with E-state index in [1.165, 1.54) is 6.42 Å². The fourth-order valence-corrected chi connectivity index (χ4v) is 2.99. The fraction of sp³-hybridized carbons (Fsp3) is 0.769. The van der Waals surface area contributed by atoms with E-state index in [0.717, 1.165) is 38.2 Å². The van der Waals surface area contributed by atoms with Crippen LogP contribution in [0.1, 0.15) is 36.6 Å². The van der Waals surface area contributed by atoms with Gasteiger partial charge >= 0.3 is 0 Å². The van der Waals surface area contributed by atoms with Crippen LogP contribution in [0.4, 0.5) is 0 Å². The highest BCUT2D eigenvalue weighted by atomic mass is 16.5. The number of aromatic nitrogens is 1. The summed E-state index contributed by atoms with van der Waals surface area (Å²) in [5, 5.41) is 18.1. The van der Waals surface area contributed by atoms with Crippen LogP contribution in [0.25, 0.3) is 0 Å². The molecule has 100 valence electrons. The third-order valence-electron chi connectivity index (χ3n) is 4.14. The van der Waals surface area contributed by atoms with Gasteiger partial charge in [0.25, 0.3) is 0 Å². The summed E-state index contributed by atoms with van der Waals surface area (Å²) in [6.45, 7) is 3.59. The quantitative estimate of drug-likeness (QED) is 0.809. The molecule has 2 atom stereocenters. The number of piperidine rings is 1. The standard InChI is InChI=1S/C13H21N3O2/c1-16-6-4-13(17,9-16)12-7-11(15-18-12)10-3-2-5-14-8-10/h7,10,14,17H,2-6,8-9H2,1H3/t10?,13-/m1/s1. The fourth-order valence-electron chi connectivity index (χ4n) is 2.99. The summed E-state index contributed by atoms with van der Waals surface area (Å²) in [6.07, 6.45) is 3.05. The van der Waals surface area contributed by atoms with Gasteiger partial charge in [0.05, 0.1) is 5.69 Å². The van der Waals surface area contributed by atoms with Crippen molar-refractivity contribution in [2.24, 2.45) is 0 Å². The number of β-amino-alcohol motifs (C(OH)–C–C–N with tert-alkyl or cyclic N) is 1. The van der Waals surface area contributed by atoms with Crippen LogP contribution in [-0.4, -0.2) is 48.4 Å². The first kappa shape index (κ1) is 12.1. The number of rotatable bonds is 2. The molecule has 3 rings (SSSR count). The van der Waals surface area contributed by atoms with Gasteiger partial charge in [0, 0.05) is 31.6 Å². The van der Waals surface area contributed by atoms with Crippen molar-refractivity contribution in [1.82, 2.24) is 15.4 Å². The molecule has 2 N–H and O–H groups in total. The summed E-state index contributed by atoms with van der Waals surface area (Å²) in [4.78, 5) is 2.12. The highest BCUT2D eigenvalue weighted by molar-refractivity contribution is 5.18. The van der Waals surface area contributed by atoms with Gasteiger partial charge in [0.2, 0.25) is 0 Å². The van der Waals surface area contributed by atoms with Crippen molar-refractivity contribution in [2.75, 3.05) is 33.2 Å². The van der Waals surface area contributed by atoms with E-state index >= 15 is 0 Å². The van der Waals surface area contributed by atoms with Gasteiger partial charge in [-0.25, -0.2) is 0 Å². The minimum absolute atomic E-state index is 0.430. The van der Waals surface area contributed by atoms with Gasteiger partial charge < -0.3 is 19.8 Å². The Kier molecular flexibility index (Phi) is 3.13. The Morgan fingerprint density at radius 3 is 3.17 bits per heavy atom. The van der Waals surface area contributed by atoms with Crippen LogP contribution in [0.2, 0.25) is 0 Å². The largest absolute Gasteiger partial charge is 0.380 e. The first-order valence-corrected chi connectivity index (χ1v) is 6.76. The Hall–Kier alpha value is -0.910. The van der Waals surface area contributed by atoms with Crippen molar-refractivity contribution in [3.05, 3.63) is 17.5 Å². The zero-order chi connectivity index (χ0) is 12.6. The smallest absolute Gasteiger partial charge is 0.169 e. The number of nitrogens with zero attached hydrogens (tertiary/aromatic N) is 2. The van der Waals surface area contributed by atoms with Crippen molar-refractivity contribution >= 4 is 0 Å². The van der Waals surface area contributed by atoms with Gasteiger partial charge in [-0.1, -0.05) is 5.16 Å². The van der Waals surface area contributed by atoms with E-state index in [-0.39, 0.29) is 0 Å². The molecule has 2 fully saturated rings. The van der Waals surface area contributed by atoms with Crippen molar-refractivity contribution in [1.29, 1.82) is 0 Å². The van der Waals surface area contributed by atoms with Crippen molar-refractivity contribution in [3.8, 4) is 0 Å². The van der Waals surface area contributed by atoms with E-state index in [0.29, 0.717) is 18.2 Å². The summed E-state index contributed by atoms with van der Waals surface area (Å²) in [5.41, 5.74) is 0.141. The second-order valence-electron chi connectivity index (χ2n) is 5.68. The number of hydrogen-bond donors (Lipinski definition) is 2. The zero-order valence-electron chi connectivity index (χ0n) is 10.9. The molecule has 0 aromatic carbocycles. The van der Waals surface area contributed by atoms with Crippen LogP contribution in [-0.2, 0) is 5.60 Å². The lowest BCUT2D eigenvalue weighted by molar-refractivity contribution is 0.0210. The maximum absolute atomic E-state index is 10.6. The average molecular weight is 251 g/mol. The lowest BCUT2D eigenvalue weighted by Gasteiger charge is -2.20. The number of likely N-dealkylation sites (N-methyl/N-ethyl adjacent to an activating group) is 1. The molecule has 5 nitrogen and oxygen atoms in total. The number of nitrogens with one attached hydrogen (secondary N) is 1. The predicted molar refractivity (Wildman–Crippen MR) is 67.4 cm³/mol. The van der Waals surface area contributed by atoms with Crippen molar-refractivity contribution < 1.29 is 9.63 Å². The summed E-state index contributed by atoms with van der Waals surface area (Å²) >= 11 is 0. The number of likely N-dealkylation sites (tertiary alicyclic amines) is 1. The molecular weight excluding hydrogens is 230 g/mol. The van der Waals surface area contributed by atoms with Crippen LogP contribution in [0.15, 0.2) is 10.6 Å². The first-order chi connectivity index (χ1) is 8.67. The molecule has 1 aromatic heterocycles. The van der Waals surface area contributed by atoms with Crippen LogP contribution in [0.3, 0.4) is 0 Å². The monoisotopic (exact) mass is 251 g/mol. The molecule has 18 heavy (non-hydrogen) atoms. The average Bonchev–Trinajstić information content (AvgIpc) is 2.99. The SMILES string of the molecule is CN1CC[C@](O)(c2cc(C3CCCNC3)no2)C1. The molecule has 2 saturated heterocycles. The molecule has 0 radical (unpaired) electrons. The van der Waals surface area contributed by atoms with E-state index in [1.54, 1.807) is 0 Å². The molecule has 2 aliphatic heterocycles. The Balaban J connectivity index is 1.76. The lowest BCUT2D eigenvalue weighted by Crippen LogP contribution is -2.29. The molecular formula is C13H21N3O2. The first-order valence-electron chi connectivity index (χ1n) is 6.76. The highest BCUT2D eigenvalue weighted by Crippen LogP contribution is 2.33. The van der Waals surface area contributed by atoms with Crippen molar-refractivity contribution in [2.45, 2.75) is 30.8 Å². The normalized spacial score (nSPS) is 34.0. The second-order valence-corrected chi connectivity index (χ2v) is 5.68. The summed E-state index contributed by atoms with van der Waals surface area (Å²) in [5.74, 6) is 1.06. The van der Waals surface area contributed by atoms with Crippen LogP contribution < -0.4 is 5.32 Å². The van der Waals surface area contributed by atoms with E-state index in [4.69, 9.17) is 4.52 Å². The maximum atomic E-state index is 10.6. The third-order valence-corrected chi connectivity index (χ3v) is 4.14. The molecule has 1 aromatic rings. The maximum Gasteiger partial charge on any atom is 0.169 e. The van der Waals surface area contributed by atoms with Gasteiger partial charge in [0.15, 0.2) is 5.76 Å². The summed E-state index contributed by atoms with van der Waals surface area (Å²) < 4.78 is 5.40. The Bertz CT molecular complexity index is 414. The number of hydrogen-bond acceptors (Lipinski definition) is 5. The van der Waals surface area contributed by atoms with Gasteiger partial charge in [-0.2, -0.15) is 0 Å². The van der Waals surface area contributed by atoms with Crippen molar-refractivity contribution in [3.63, 3.8) is 0 Å². The molecule has 5 heteroatoms. The molecule has 0 saturated carbocycles. The number of aliphatic hydroxyl groups is 1. The molecule has 0 bridgehead atoms. The molecule has 0 aliphatic carbocycles. The Morgan fingerprint density at radius 1 is 1.61 bits per heavy atom. The van der Waals surface area contributed by atoms with Gasteiger partial charge in [-0.15, -0.1) is 0 Å². The van der Waals surface area contributed by atoms with Gasteiger partial charge in [-0.3, -0.25) is 0 Å². The van der Waals surface area contributed by atoms with E-state index in [1.807, 2.05) is 13.1 Å². The Morgan fingerprint density at radius 2 is 2.50 bits per heavy atom. The molecule has 2 aliphatic rings. The summed E-state index contributed by atoms with van der Waals surface area (Å²) in [6, 6.07) is 1.96. The topological polar surface area (TPSA) is 61.5 Å². The van der Waals surface area contributed by atoms with Crippen LogP contribution in [0.5, 0.6) is 0 Å². The third kappa shape index (κ3) is 2.18. The summed E-state index contributed by atoms with van der Waals surface area (Å²) in [7, 11) is 2.01. The van der Waals surface area contributed by atoms with Crippen LogP contribution in [0, 0.1) is 0 Å². The minimum Gasteiger partial charge on any atom is -0.380 e. The van der Waals surface area contributed by atoms with Gasteiger partial charge in [-0.05, 0) is 32.9 Å². The molecule has 0 spiro atoms. The second kappa shape index (κ2) is 4.64. The van der Waals surface area contributed by atoms with E-state index in [2.05, 4.69) is 15.4 Å². The molecule has 0 amide bonds. The van der Waals surface area contributed by atoms with E-state index in [9.17, 15) is 5.11 Å². The predicted octanol–water partition coefficient (Wildman–Crippen LogP) is 0.665. The molecule has 1 unspecified atom stereocenters. The Labute approximate surface area is 107 Å². The zero-order valence-corrected chi connectivity index (χ0v) is 10.9. The van der Waals surface area contributed by atoms with Gasteiger partial charge in [0.1, 0.15) is 5.60 Å². The van der Waals surface area contributed by atoms with E-state index < -0.39 is 5.60 Å². The highest BCUT2D eigenvalue weighted by Gasteiger charge is 2.40. The molecule has 3 heterocycles.